The number of nitrogens with zero attached hydrogens (tertiary/aromatic N) is 1. The van der Waals surface area contributed by atoms with Crippen LogP contribution in [0.3, 0.4) is 0 Å². The number of benzene rings is 2. The van der Waals surface area contributed by atoms with Gasteiger partial charge in [0, 0.05) is 18.1 Å². The Hall–Kier alpha value is -1.52. The van der Waals surface area contributed by atoms with Gasteiger partial charge in [0.15, 0.2) is 6.61 Å². The van der Waals surface area contributed by atoms with E-state index < -0.39 is 0 Å². The van der Waals surface area contributed by atoms with Crippen molar-refractivity contribution in [2.75, 3.05) is 13.7 Å². The van der Waals surface area contributed by atoms with Gasteiger partial charge in [-0.15, -0.1) is 0 Å². The number of likely N-dealkylation sites (N-methyl/N-ethyl adjacent to an activating group) is 1. The third kappa shape index (κ3) is 4.49. The Bertz CT molecular complexity index is 675. The van der Waals surface area contributed by atoms with E-state index in [1.165, 1.54) is 0 Å². The molecular formula is C17H17BrClNO2. The summed E-state index contributed by atoms with van der Waals surface area (Å²) in [4.78, 5) is 13.8. The second kappa shape index (κ2) is 7.65. The molecule has 22 heavy (non-hydrogen) atoms. The summed E-state index contributed by atoms with van der Waals surface area (Å²) in [6.07, 6.45) is 0. The molecule has 0 bridgehead atoms. The van der Waals surface area contributed by atoms with Crippen LogP contribution < -0.4 is 4.74 Å². The Balaban J connectivity index is 1.94. The fourth-order valence-electron chi connectivity index (χ4n) is 1.94. The van der Waals surface area contributed by atoms with Crippen molar-refractivity contribution in [3.8, 4) is 5.75 Å². The Labute approximate surface area is 144 Å². The minimum atomic E-state index is -0.103. The van der Waals surface area contributed by atoms with Crippen molar-refractivity contribution in [1.82, 2.24) is 4.90 Å². The van der Waals surface area contributed by atoms with E-state index in [1.54, 1.807) is 18.0 Å². The molecule has 2 rings (SSSR count). The van der Waals surface area contributed by atoms with Crippen molar-refractivity contribution in [3.63, 3.8) is 0 Å². The molecule has 0 atom stereocenters. The van der Waals surface area contributed by atoms with Crippen LogP contribution in [0.5, 0.6) is 5.75 Å². The van der Waals surface area contributed by atoms with E-state index in [0.717, 1.165) is 15.6 Å². The average molecular weight is 383 g/mol. The van der Waals surface area contributed by atoms with Gasteiger partial charge in [-0.1, -0.05) is 51.8 Å². The molecule has 0 saturated heterocycles. The third-order valence-corrected chi connectivity index (χ3v) is 4.31. The normalized spacial score (nSPS) is 10.4. The highest BCUT2D eigenvalue weighted by atomic mass is 79.9. The van der Waals surface area contributed by atoms with Gasteiger partial charge in [-0.2, -0.15) is 0 Å². The van der Waals surface area contributed by atoms with Crippen LogP contribution in [0.25, 0.3) is 0 Å². The van der Waals surface area contributed by atoms with E-state index in [9.17, 15) is 4.79 Å². The number of rotatable bonds is 5. The molecule has 3 nitrogen and oxygen atoms in total. The van der Waals surface area contributed by atoms with Crippen molar-refractivity contribution in [2.24, 2.45) is 0 Å². The first-order chi connectivity index (χ1) is 10.5. The highest BCUT2D eigenvalue weighted by Crippen LogP contribution is 2.25. The van der Waals surface area contributed by atoms with E-state index in [-0.39, 0.29) is 12.5 Å². The third-order valence-electron chi connectivity index (χ3n) is 3.23. The molecule has 0 aliphatic carbocycles. The van der Waals surface area contributed by atoms with Gasteiger partial charge in [-0.25, -0.2) is 0 Å². The molecule has 0 saturated carbocycles. The summed E-state index contributed by atoms with van der Waals surface area (Å²) in [6.45, 7) is 2.43. The summed E-state index contributed by atoms with van der Waals surface area (Å²) in [5.41, 5.74) is 2.08. The van der Waals surface area contributed by atoms with Crippen molar-refractivity contribution in [1.29, 1.82) is 0 Å². The van der Waals surface area contributed by atoms with Gasteiger partial charge < -0.3 is 9.64 Å². The summed E-state index contributed by atoms with van der Waals surface area (Å²) in [5, 5.41) is 0.506. The largest absolute Gasteiger partial charge is 0.482 e. The number of hydrogen-bond acceptors (Lipinski definition) is 2. The van der Waals surface area contributed by atoms with Crippen molar-refractivity contribution >= 4 is 33.4 Å². The average Bonchev–Trinajstić information content (AvgIpc) is 2.50. The zero-order chi connectivity index (χ0) is 16.1. The summed E-state index contributed by atoms with van der Waals surface area (Å²) >= 11 is 9.53. The first kappa shape index (κ1) is 16.8. The van der Waals surface area contributed by atoms with E-state index in [4.69, 9.17) is 16.3 Å². The van der Waals surface area contributed by atoms with Crippen LogP contribution in [0.4, 0.5) is 0 Å². The molecule has 2 aromatic carbocycles. The predicted octanol–water partition coefficient (Wildman–Crippen LogP) is 4.45. The molecule has 0 unspecified atom stereocenters. The molecule has 5 heteroatoms. The van der Waals surface area contributed by atoms with Crippen LogP contribution in [0, 0.1) is 6.92 Å². The standard InChI is InChI=1S/C17H17BrClNO2/c1-12-7-8-15(19)16(9-12)22-11-17(21)20(2)10-13-5-3-4-6-14(13)18/h3-9H,10-11H2,1-2H3. The molecule has 2 aromatic rings. The smallest absolute Gasteiger partial charge is 0.260 e. The summed E-state index contributed by atoms with van der Waals surface area (Å²) < 4.78 is 6.52. The fraction of sp³-hybridized carbons (Fsp3) is 0.235. The lowest BCUT2D eigenvalue weighted by atomic mass is 10.2. The minimum absolute atomic E-state index is 0.0376. The van der Waals surface area contributed by atoms with E-state index in [1.807, 2.05) is 43.3 Å². The van der Waals surface area contributed by atoms with Gasteiger partial charge in [-0.3, -0.25) is 4.79 Å². The topological polar surface area (TPSA) is 29.5 Å². The van der Waals surface area contributed by atoms with Crippen molar-refractivity contribution in [3.05, 3.63) is 63.1 Å². The lowest BCUT2D eigenvalue weighted by Gasteiger charge is -2.18. The molecule has 0 aliphatic rings. The van der Waals surface area contributed by atoms with Gasteiger partial charge in [-0.05, 0) is 36.2 Å². The lowest BCUT2D eigenvalue weighted by Crippen LogP contribution is -2.31. The Morgan fingerprint density at radius 1 is 1.27 bits per heavy atom. The number of halogens is 2. The molecule has 0 fully saturated rings. The van der Waals surface area contributed by atoms with E-state index in [0.29, 0.717) is 17.3 Å². The van der Waals surface area contributed by atoms with Crippen LogP contribution in [0.15, 0.2) is 46.9 Å². The van der Waals surface area contributed by atoms with E-state index >= 15 is 0 Å². The molecule has 0 heterocycles. The van der Waals surface area contributed by atoms with Gasteiger partial charge in [0.05, 0.1) is 5.02 Å². The SMILES string of the molecule is Cc1ccc(Cl)c(OCC(=O)N(C)Cc2ccccc2Br)c1. The number of hydrogen-bond donors (Lipinski definition) is 0. The Morgan fingerprint density at radius 2 is 2.00 bits per heavy atom. The van der Waals surface area contributed by atoms with Crippen LogP contribution in [-0.2, 0) is 11.3 Å². The van der Waals surface area contributed by atoms with Crippen LogP contribution in [0.1, 0.15) is 11.1 Å². The van der Waals surface area contributed by atoms with Crippen molar-refractivity contribution < 1.29 is 9.53 Å². The maximum Gasteiger partial charge on any atom is 0.260 e. The second-order valence-electron chi connectivity index (χ2n) is 5.06. The minimum Gasteiger partial charge on any atom is -0.482 e. The van der Waals surface area contributed by atoms with Gasteiger partial charge in [0.1, 0.15) is 5.75 Å². The van der Waals surface area contributed by atoms with Gasteiger partial charge >= 0.3 is 0 Å². The number of amides is 1. The quantitative estimate of drug-likeness (QED) is 0.764. The highest BCUT2D eigenvalue weighted by Gasteiger charge is 2.12. The molecule has 1 amide bonds. The summed E-state index contributed by atoms with van der Waals surface area (Å²) in [7, 11) is 1.75. The van der Waals surface area contributed by atoms with Gasteiger partial charge in [0.25, 0.3) is 5.91 Å². The predicted molar refractivity (Wildman–Crippen MR) is 92.3 cm³/mol. The molecule has 0 spiro atoms. The number of carbonyl (C=O) groups excluding carboxylic acids is 1. The Kier molecular flexibility index (Phi) is 5.86. The van der Waals surface area contributed by atoms with Crippen LogP contribution >= 0.6 is 27.5 Å². The van der Waals surface area contributed by atoms with Crippen LogP contribution in [-0.4, -0.2) is 24.5 Å². The lowest BCUT2D eigenvalue weighted by molar-refractivity contribution is -0.132. The van der Waals surface area contributed by atoms with Crippen LogP contribution in [0.2, 0.25) is 5.02 Å². The molecule has 0 aliphatic heterocycles. The zero-order valence-corrected chi connectivity index (χ0v) is 14.8. The Morgan fingerprint density at radius 3 is 2.73 bits per heavy atom. The van der Waals surface area contributed by atoms with E-state index in [2.05, 4.69) is 15.9 Å². The molecule has 116 valence electrons. The number of carbonyl (C=O) groups is 1. The maximum atomic E-state index is 12.2. The summed E-state index contributed by atoms with van der Waals surface area (Å²) in [5.74, 6) is 0.428. The van der Waals surface area contributed by atoms with Crippen molar-refractivity contribution in [2.45, 2.75) is 13.5 Å². The summed E-state index contributed by atoms with van der Waals surface area (Å²) in [6, 6.07) is 13.3. The zero-order valence-electron chi connectivity index (χ0n) is 12.5. The second-order valence-corrected chi connectivity index (χ2v) is 6.33. The molecule has 0 N–H and O–H groups in total. The highest BCUT2D eigenvalue weighted by molar-refractivity contribution is 9.10. The monoisotopic (exact) mass is 381 g/mol. The molecular weight excluding hydrogens is 366 g/mol. The maximum absolute atomic E-state index is 12.2. The first-order valence-electron chi connectivity index (χ1n) is 6.83. The van der Waals surface area contributed by atoms with Gasteiger partial charge in [0.2, 0.25) is 0 Å². The molecule has 0 radical (unpaired) electrons. The first-order valence-corrected chi connectivity index (χ1v) is 8.01. The fourth-order valence-corrected chi connectivity index (χ4v) is 2.52. The number of aryl methyl sites for hydroxylation is 1. The molecule has 0 aromatic heterocycles. The number of ether oxygens (including phenoxy) is 1.